The average molecular weight is 276 g/mol. The van der Waals surface area contributed by atoms with Crippen LogP contribution in [0.15, 0.2) is 24.3 Å². The number of carbonyl (C=O) groups is 2. The summed E-state index contributed by atoms with van der Waals surface area (Å²) in [5, 5.41) is 2.86. The lowest BCUT2D eigenvalue weighted by atomic mass is 10.1. The number of amides is 2. The number of hydrogen-bond acceptors (Lipinski definition) is 2. The second-order valence-electron chi connectivity index (χ2n) is 5.12. The summed E-state index contributed by atoms with van der Waals surface area (Å²) >= 11 is 0. The molecule has 0 aliphatic carbocycles. The van der Waals surface area contributed by atoms with E-state index in [0.717, 1.165) is 13.0 Å². The van der Waals surface area contributed by atoms with Gasteiger partial charge in [0.15, 0.2) is 5.78 Å². The van der Waals surface area contributed by atoms with E-state index in [1.54, 1.807) is 29.2 Å². The van der Waals surface area contributed by atoms with Crippen LogP contribution in [-0.4, -0.2) is 29.8 Å². The molecule has 1 rings (SSSR count). The Morgan fingerprint density at radius 2 is 1.80 bits per heavy atom. The number of carbonyl (C=O) groups excluding carboxylic acids is 2. The molecule has 0 aromatic heterocycles. The molecule has 0 saturated heterocycles. The number of nitrogens with zero attached hydrogens (tertiary/aromatic N) is 1. The fourth-order valence-corrected chi connectivity index (χ4v) is 1.85. The maximum absolute atomic E-state index is 12.2. The van der Waals surface area contributed by atoms with Crippen molar-refractivity contribution in [2.45, 2.75) is 34.1 Å². The molecule has 0 fully saturated rings. The Hall–Kier alpha value is -1.84. The zero-order valence-corrected chi connectivity index (χ0v) is 12.8. The zero-order chi connectivity index (χ0) is 15.1. The normalized spacial score (nSPS) is 11.8. The Bertz CT molecular complexity index is 454. The molecule has 1 unspecified atom stereocenters. The summed E-state index contributed by atoms with van der Waals surface area (Å²) in [4.78, 5) is 25.2. The van der Waals surface area contributed by atoms with Crippen LogP contribution < -0.4 is 5.32 Å². The Kier molecular flexibility index (Phi) is 6.22. The summed E-state index contributed by atoms with van der Waals surface area (Å²) in [6.07, 6.45) is 1.05. The number of Topliss-reactive ketones (excluding diaryl/α,β-unsaturated/α-hetero) is 1. The molecule has 2 amide bonds. The molecule has 0 radical (unpaired) electrons. The Morgan fingerprint density at radius 3 is 2.25 bits per heavy atom. The first-order valence-electron chi connectivity index (χ1n) is 7.14. The number of benzene rings is 1. The molecule has 4 heteroatoms. The zero-order valence-electron chi connectivity index (χ0n) is 12.8. The number of rotatable bonds is 6. The third-order valence-electron chi connectivity index (χ3n) is 3.44. The van der Waals surface area contributed by atoms with Crippen molar-refractivity contribution >= 4 is 17.5 Å². The smallest absolute Gasteiger partial charge is 0.321 e. The lowest BCUT2D eigenvalue weighted by molar-refractivity contribution is 0.101. The number of nitrogens with one attached hydrogen (secondary N) is 1. The fourth-order valence-electron chi connectivity index (χ4n) is 1.85. The first-order chi connectivity index (χ1) is 9.47. The monoisotopic (exact) mass is 276 g/mol. The van der Waals surface area contributed by atoms with Crippen molar-refractivity contribution in [3.8, 4) is 0 Å². The van der Waals surface area contributed by atoms with Crippen LogP contribution >= 0.6 is 0 Å². The maximum Gasteiger partial charge on any atom is 0.321 e. The fraction of sp³-hybridized carbons (Fsp3) is 0.500. The molecule has 0 heterocycles. The van der Waals surface area contributed by atoms with Crippen LogP contribution in [-0.2, 0) is 0 Å². The highest BCUT2D eigenvalue weighted by Crippen LogP contribution is 2.12. The van der Waals surface area contributed by atoms with E-state index in [1.807, 2.05) is 6.92 Å². The highest BCUT2D eigenvalue weighted by molar-refractivity contribution is 5.95. The van der Waals surface area contributed by atoms with Crippen LogP contribution in [0.5, 0.6) is 0 Å². The minimum absolute atomic E-state index is 0.0230. The molecule has 0 bridgehead atoms. The molecule has 20 heavy (non-hydrogen) atoms. The quantitative estimate of drug-likeness (QED) is 0.804. The number of urea groups is 1. The molecule has 0 aliphatic rings. The van der Waals surface area contributed by atoms with Crippen molar-refractivity contribution in [2.75, 3.05) is 18.4 Å². The SMILES string of the molecule is CCC(C)CN(CC)C(=O)Nc1ccc(C(C)=O)cc1. The number of ketones is 1. The van der Waals surface area contributed by atoms with Gasteiger partial charge < -0.3 is 10.2 Å². The van der Waals surface area contributed by atoms with Crippen molar-refractivity contribution in [1.82, 2.24) is 4.90 Å². The lowest BCUT2D eigenvalue weighted by Gasteiger charge is -2.24. The van der Waals surface area contributed by atoms with Gasteiger partial charge in [-0.3, -0.25) is 4.79 Å². The van der Waals surface area contributed by atoms with Crippen molar-refractivity contribution in [3.05, 3.63) is 29.8 Å². The summed E-state index contributed by atoms with van der Waals surface area (Å²) in [6.45, 7) is 9.19. The first-order valence-corrected chi connectivity index (χ1v) is 7.14. The van der Waals surface area contributed by atoms with Gasteiger partial charge in [0.2, 0.25) is 0 Å². The Labute approximate surface area is 121 Å². The van der Waals surface area contributed by atoms with E-state index in [9.17, 15) is 9.59 Å². The van der Waals surface area contributed by atoms with E-state index < -0.39 is 0 Å². The summed E-state index contributed by atoms with van der Waals surface area (Å²) in [7, 11) is 0. The molecular weight excluding hydrogens is 252 g/mol. The molecule has 4 nitrogen and oxygen atoms in total. The average Bonchev–Trinajstić information content (AvgIpc) is 2.44. The van der Waals surface area contributed by atoms with E-state index in [4.69, 9.17) is 0 Å². The van der Waals surface area contributed by atoms with Crippen LogP contribution in [0, 0.1) is 5.92 Å². The van der Waals surface area contributed by atoms with E-state index in [1.165, 1.54) is 6.92 Å². The second-order valence-corrected chi connectivity index (χ2v) is 5.12. The molecule has 0 aliphatic heterocycles. The largest absolute Gasteiger partial charge is 0.325 e. The summed E-state index contributed by atoms with van der Waals surface area (Å²) < 4.78 is 0. The van der Waals surface area contributed by atoms with Gasteiger partial charge >= 0.3 is 6.03 Å². The van der Waals surface area contributed by atoms with Crippen LogP contribution in [0.4, 0.5) is 10.5 Å². The van der Waals surface area contributed by atoms with Gasteiger partial charge in [-0.15, -0.1) is 0 Å². The van der Waals surface area contributed by atoms with Crippen molar-refractivity contribution < 1.29 is 9.59 Å². The highest BCUT2D eigenvalue weighted by atomic mass is 16.2. The molecule has 1 aromatic rings. The van der Waals surface area contributed by atoms with Crippen LogP contribution in [0.25, 0.3) is 0 Å². The van der Waals surface area contributed by atoms with Crippen molar-refractivity contribution in [2.24, 2.45) is 5.92 Å². The van der Waals surface area contributed by atoms with E-state index in [0.29, 0.717) is 23.7 Å². The predicted molar refractivity (Wildman–Crippen MR) is 82.2 cm³/mol. The van der Waals surface area contributed by atoms with Gasteiger partial charge in [-0.1, -0.05) is 20.3 Å². The van der Waals surface area contributed by atoms with E-state index in [2.05, 4.69) is 19.2 Å². The van der Waals surface area contributed by atoms with Gasteiger partial charge in [0.1, 0.15) is 0 Å². The minimum Gasteiger partial charge on any atom is -0.325 e. The van der Waals surface area contributed by atoms with Gasteiger partial charge in [-0.2, -0.15) is 0 Å². The minimum atomic E-state index is -0.0941. The van der Waals surface area contributed by atoms with E-state index >= 15 is 0 Å². The standard InChI is InChI=1S/C16H24N2O2/c1-5-12(3)11-18(6-2)16(20)17-15-9-7-14(8-10-15)13(4)19/h7-10,12H,5-6,11H2,1-4H3,(H,17,20). The maximum atomic E-state index is 12.2. The third-order valence-corrected chi connectivity index (χ3v) is 3.44. The molecule has 0 spiro atoms. The summed E-state index contributed by atoms with van der Waals surface area (Å²) in [5.41, 5.74) is 1.36. The Morgan fingerprint density at radius 1 is 1.20 bits per heavy atom. The molecule has 1 atom stereocenters. The first kappa shape index (κ1) is 16.2. The lowest BCUT2D eigenvalue weighted by Crippen LogP contribution is -2.37. The topological polar surface area (TPSA) is 49.4 Å². The molecule has 0 saturated carbocycles. The van der Waals surface area contributed by atoms with Gasteiger partial charge in [-0.05, 0) is 44.0 Å². The van der Waals surface area contributed by atoms with Crippen molar-refractivity contribution in [1.29, 1.82) is 0 Å². The van der Waals surface area contributed by atoms with Gasteiger partial charge in [-0.25, -0.2) is 4.79 Å². The number of hydrogen-bond donors (Lipinski definition) is 1. The predicted octanol–water partition coefficient (Wildman–Crippen LogP) is 3.79. The van der Waals surface area contributed by atoms with E-state index in [-0.39, 0.29) is 11.8 Å². The van der Waals surface area contributed by atoms with Crippen molar-refractivity contribution in [3.63, 3.8) is 0 Å². The second kappa shape index (κ2) is 7.68. The molecule has 1 N–H and O–H groups in total. The summed E-state index contributed by atoms with van der Waals surface area (Å²) in [5.74, 6) is 0.510. The number of anilines is 1. The molecular formula is C16H24N2O2. The Balaban J connectivity index is 2.66. The molecule has 110 valence electrons. The van der Waals surface area contributed by atoms with Gasteiger partial charge in [0, 0.05) is 24.3 Å². The third kappa shape index (κ3) is 4.68. The van der Waals surface area contributed by atoms with Crippen LogP contribution in [0.3, 0.4) is 0 Å². The molecule has 1 aromatic carbocycles. The van der Waals surface area contributed by atoms with Gasteiger partial charge in [0.25, 0.3) is 0 Å². The highest BCUT2D eigenvalue weighted by Gasteiger charge is 2.14. The van der Waals surface area contributed by atoms with Crippen LogP contribution in [0.2, 0.25) is 0 Å². The van der Waals surface area contributed by atoms with Gasteiger partial charge in [0.05, 0.1) is 0 Å². The summed E-state index contributed by atoms with van der Waals surface area (Å²) in [6, 6.07) is 6.87. The van der Waals surface area contributed by atoms with Crippen LogP contribution in [0.1, 0.15) is 44.5 Å².